The Hall–Kier alpha value is -5.09. The third kappa shape index (κ3) is 60.4. The van der Waals surface area contributed by atoms with Gasteiger partial charge in [-0.1, -0.05) is 230 Å². The molecule has 0 aromatic rings. The van der Waals surface area contributed by atoms with Crippen LogP contribution in [0.4, 0.5) is 0 Å². The first kappa shape index (κ1) is 73.9. The van der Waals surface area contributed by atoms with Crippen molar-refractivity contribution in [3.63, 3.8) is 0 Å². The van der Waals surface area contributed by atoms with Gasteiger partial charge in [0.15, 0.2) is 6.10 Å². The molecule has 0 aromatic carbocycles. The van der Waals surface area contributed by atoms with E-state index in [0.717, 1.165) is 128 Å². The zero-order valence-corrected chi connectivity index (χ0v) is 50.5. The van der Waals surface area contributed by atoms with E-state index in [2.05, 4.69) is 172 Å². The fraction of sp³-hybridized carbons (Fsp3) is 0.586. The highest BCUT2D eigenvalue weighted by atomic mass is 16.7. The van der Waals surface area contributed by atoms with Gasteiger partial charge >= 0.3 is 17.9 Å². The monoisotopic (exact) mass is 1090 g/mol. The lowest BCUT2D eigenvalue weighted by atomic mass is 10.0. The molecule has 0 radical (unpaired) electrons. The Bertz CT molecular complexity index is 1850. The van der Waals surface area contributed by atoms with Gasteiger partial charge in [-0.15, -0.1) is 0 Å². The van der Waals surface area contributed by atoms with E-state index in [9.17, 15) is 19.5 Å². The van der Waals surface area contributed by atoms with Gasteiger partial charge in [-0.3, -0.25) is 9.59 Å². The van der Waals surface area contributed by atoms with E-state index >= 15 is 0 Å². The van der Waals surface area contributed by atoms with Gasteiger partial charge in [-0.2, -0.15) is 0 Å². The topological polar surface area (TPSA) is 108 Å². The minimum absolute atomic E-state index is 0.169. The number of carbonyl (C=O) groups excluding carboxylic acids is 2. The lowest BCUT2D eigenvalue weighted by Gasteiger charge is -2.25. The zero-order valence-electron chi connectivity index (χ0n) is 50.5. The second-order valence-corrected chi connectivity index (χ2v) is 20.9. The third-order valence-electron chi connectivity index (χ3n) is 12.3. The van der Waals surface area contributed by atoms with Crippen molar-refractivity contribution in [2.24, 2.45) is 0 Å². The third-order valence-corrected chi connectivity index (χ3v) is 12.3. The number of carbonyl (C=O) groups is 3. The Balaban J connectivity index is 4.35. The van der Waals surface area contributed by atoms with Crippen LogP contribution in [0.3, 0.4) is 0 Å². The second-order valence-electron chi connectivity index (χ2n) is 20.9. The summed E-state index contributed by atoms with van der Waals surface area (Å²) in [5, 5.41) is 9.72. The van der Waals surface area contributed by atoms with Crippen LogP contribution in [-0.2, 0) is 33.3 Å². The quantitative estimate of drug-likeness (QED) is 0.0211. The maximum Gasteiger partial charge on any atom is 0.361 e. The Kier molecular flexibility index (Phi) is 55.2. The summed E-state index contributed by atoms with van der Waals surface area (Å²) in [6, 6.07) is 0. The lowest BCUT2D eigenvalue weighted by molar-refractivity contribution is -0.870. The fourth-order valence-electron chi connectivity index (χ4n) is 7.64. The van der Waals surface area contributed by atoms with Crippen molar-refractivity contribution in [2.45, 2.75) is 219 Å². The molecule has 0 spiro atoms. The van der Waals surface area contributed by atoms with Crippen LogP contribution in [0.5, 0.6) is 0 Å². The first-order chi connectivity index (χ1) is 38.6. The molecule has 0 saturated carbocycles. The molecule has 9 heteroatoms. The Labute approximate surface area is 483 Å². The fourth-order valence-corrected chi connectivity index (χ4v) is 7.64. The van der Waals surface area contributed by atoms with Crippen molar-refractivity contribution in [1.82, 2.24) is 0 Å². The van der Waals surface area contributed by atoms with Crippen molar-refractivity contribution in [2.75, 3.05) is 47.5 Å². The minimum atomic E-state index is -1.53. The first-order valence-electron chi connectivity index (χ1n) is 30.6. The van der Waals surface area contributed by atoms with E-state index in [1.165, 1.54) is 44.9 Å². The molecule has 0 saturated heterocycles. The van der Waals surface area contributed by atoms with Gasteiger partial charge in [0.05, 0.1) is 34.4 Å². The number of carboxylic acid groups (broad SMARTS) is 1. The maximum atomic E-state index is 12.9. The van der Waals surface area contributed by atoms with Gasteiger partial charge < -0.3 is 28.5 Å². The molecule has 9 nitrogen and oxygen atoms in total. The highest BCUT2D eigenvalue weighted by Gasteiger charge is 2.25. The molecule has 0 heterocycles. The molecule has 1 N–H and O–H groups in total. The molecular formula is C70H112NO8+. The molecule has 0 rings (SSSR count). The number of carboxylic acids is 1. The normalized spacial score (nSPS) is 13.9. The van der Waals surface area contributed by atoms with E-state index in [-0.39, 0.29) is 38.6 Å². The van der Waals surface area contributed by atoms with Gasteiger partial charge in [0.1, 0.15) is 13.2 Å². The number of allylic oxidation sites excluding steroid dienone is 26. The Morgan fingerprint density at radius 1 is 0.380 bits per heavy atom. The number of ether oxygens (including phenoxy) is 4. The van der Waals surface area contributed by atoms with E-state index in [1.807, 2.05) is 21.1 Å². The predicted molar refractivity (Wildman–Crippen MR) is 336 cm³/mol. The van der Waals surface area contributed by atoms with Gasteiger partial charge in [-0.05, 0) is 122 Å². The minimum Gasteiger partial charge on any atom is -0.477 e. The molecule has 0 amide bonds. The Morgan fingerprint density at radius 3 is 1.04 bits per heavy atom. The van der Waals surface area contributed by atoms with Crippen LogP contribution in [0, 0.1) is 0 Å². The number of aliphatic carboxylic acids is 1. The van der Waals surface area contributed by atoms with E-state index in [4.69, 9.17) is 18.9 Å². The molecule has 0 aromatic heterocycles. The van der Waals surface area contributed by atoms with Crippen molar-refractivity contribution < 1.29 is 42.9 Å². The lowest BCUT2D eigenvalue weighted by Crippen LogP contribution is -2.40. The summed E-state index contributed by atoms with van der Waals surface area (Å²) in [6.07, 6.45) is 84.7. The van der Waals surface area contributed by atoms with Crippen molar-refractivity contribution in [1.29, 1.82) is 0 Å². The number of likely N-dealkylation sites (N-methyl/N-ethyl adjacent to an activating group) is 1. The van der Waals surface area contributed by atoms with Crippen LogP contribution in [0.15, 0.2) is 158 Å². The standard InChI is InChI=1S/C70H111NO8/c1-6-8-10-12-14-16-18-20-22-24-26-28-30-32-34-36-38-40-42-44-46-48-50-52-54-56-58-60-67(72)77-64-66(65-78-70(69(74)75)76-63-62-71(3,4)5)79-68(73)61-59-57-55-53-51-49-47-45-43-41-39-37-35-33-31-29-27-25-23-21-19-17-15-13-11-9-7-2/h8-11,14-17,20-23,26-29,32-35,39,41,45,47,51,53,66,70H,6-7,12-13,18-19,24-25,30-31,36-38,40,42-44,46,48-50,52,54-65H2,1-5H3/p+1/b10-8-,11-9-,16-14-,17-15-,22-20-,23-21-,28-26-,29-27-,34-32-,35-33-,41-39-,47-45-,53-51-. The molecule has 0 fully saturated rings. The van der Waals surface area contributed by atoms with Crippen molar-refractivity contribution in [3.8, 4) is 0 Å². The van der Waals surface area contributed by atoms with Crippen molar-refractivity contribution in [3.05, 3.63) is 158 Å². The smallest absolute Gasteiger partial charge is 0.361 e. The van der Waals surface area contributed by atoms with Crippen LogP contribution < -0.4 is 0 Å². The molecular weight excluding hydrogens is 983 g/mol. The number of hydrogen-bond acceptors (Lipinski definition) is 7. The molecule has 79 heavy (non-hydrogen) atoms. The highest BCUT2D eigenvalue weighted by molar-refractivity contribution is 5.71. The maximum absolute atomic E-state index is 12.9. The first-order valence-corrected chi connectivity index (χ1v) is 30.6. The second kappa shape index (κ2) is 59.0. The van der Waals surface area contributed by atoms with Crippen LogP contribution >= 0.6 is 0 Å². The largest absolute Gasteiger partial charge is 0.477 e. The summed E-state index contributed by atoms with van der Waals surface area (Å²) in [4.78, 5) is 37.5. The molecule has 2 unspecified atom stereocenters. The van der Waals surface area contributed by atoms with Gasteiger partial charge in [0.25, 0.3) is 6.29 Å². The van der Waals surface area contributed by atoms with Crippen LogP contribution in [-0.4, -0.2) is 87.4 Å². The van der Waals surface area contributed by atoms with E-state index in [1.54, 1.807) is 0 Å². The van der Waals surface area contributed by atoms with Gasteiger partial charge in [0.2, 0.25) is 0 Å². The van der Waals surface area contributed by atoms with Gasteiger partial charge in [-0.25, -0.2) is 4.79 Å². The Morgan fingerprint density at radius 2 is 0.684 bits per heavy atom. The molecule has 0 aliphatic rings. The molecule has 0 bridgehead atoms. The van der Waals surface area contributed by atoms with Crippen molar-refractivity contribution >= 4 is 17.9 Å². The average molecular weight is 1100 g/mol. The summed E-state index contributed by atoms with van der Waals surface area (Å²) in [6.45, 7) is 4.57. The number of quaternary nitrogens is 1. The van der Waals surface area contributed by atoms with Gasteiger partial charge in [0, 0.05) is 12.8 Å². The number of nitrogens with zero attached hydrogens (tertiary/aromatic N) is 1. The summed E-state index contributed by atoms with van der Waals surface area (Å²) < 4.78 is 22.8. The zero-order chi connectivity index (χ0) is 57.6. The van der Waals surface area contributed by atoms with Crippen LogP contribution in [0.25, 0.3) is 0 Å². The average Bonchev–Trinajstić information content (AvgIpc) is 3.42. The van der Waals surface area contributed by atoms with E-state index in [0.29, 0.717) is 17.4 Å². The SMILES string of the molecule is CC/C=C\C/C=C\C/C=C\C/C=C\C/C=C\C/C=C\C/C=C\C/C=C\CCCCC(=O)OC(COC(=O)CCCCCCCCCCCCC/C=C\C/C=C\C/C=C\C/C=C\C/C=C\CC)COC(OCC[N+](C)(C)C)C(=O)O. The highest BCUT2D eigenvalue weighted by Crippen LogP contribution is 2.14. The van der Waals surface area contributed by atoms with Crippen LogP contribution in [0.1, 0.15) is 206 Å². The summed E-state index contributed by atoms with van der Waals surface area (Å²) in [5.41, 5.74) is 0. The molecule has 0 aliphatic heterocycles. The molecule has 444 valence electrons. The van der Waals surface area contributed by atoms with Crippen LogP contribution in [0.2, 0.25) is 0 Å². The number of rotatable bonds is 54. The summed E-state index contributed by atoms with van der Waals surface area (Å²) >= 11 is 0. The molecule has 0 aliphatic carbocycles. The number of esters is 2. The van der Waals surface area contributed by atoms with E-state index < -0.39 is 24.3 Å². The number of unbranched alkanes of at least 4 members (excludes halogenated alkanes) is 13. The number of hydrogen-bond donors (Lipinski definition) is 1. The predicted octanol–water partition coefficient (Wildman–Crippen LogP) is 18.6. The summed E-state index contributed by atoms with van der Waals surface area (Å²) in [7, 11) is 5.94. The molecule has 2 atom stereocenters. The summed E-state index contributed by atoms with van der Waals surface area (Å²) in [5.74, 6) is -2.09.